The molecule has 0 spiro atoms. The van der Waals surface area contributed by atoms with Crippen LogP contribution in [0.2, 0.25) is 5.02 Å². The molecule has 12 aromatic rings. The van der Waals surface area contributed by atoms with E-state index in [0.29, 0.717) is 5.02 Å². The van der Waals surface area contributed by atoms with Crippen LogP contribution < -0.4 is 4.90 Å². The highest BCUT2D eigenvalue weighted by atomic mass is 35.5. The Hall–Kier alpha value is -7.11. The summed E-state index contributed by atoms with van der Waals surface area (Å²) in [4.78, 5) is 2.34. The molecule has 5 heteroatoms. The summed E-state index contributed by atoms with van der Waals surface area (Å²) in [6.45, 7) is 0. The first-order valence-electron chi connectivity index (χ1n) is 19.9. The second-order valence-corrected chi connectivity index (χ2v) is 16.6. The Morgan fingerprint density at radius 1 is 0.407 bits per heavy atom. The lowest BCUT2D eigenvalue weighted by Gasteiger charge is -2.26. The van der Waals surface area contributed by atoms with E-state index < -0.39 is 0 Å². The van der Waals surface area contributed by atoms with Crippen LogP contribution >= 0.6 is 22.9 Å². The third-order valence-electron chi connectivity index (χ3n) is 11.7. The Kier molecular flexibility index (Phi) is 7.77. The van der Waals surface area contributed by atoms with Crippen molar-refractivity contribution in [3.8, 4) is 22.5 Å². The van der Waals surface area contributed by atoms with Gasteiger partial charge in [-0.05, 0) is 102 Å². The molecule has 0 saturated heterocycles. The molecule has 0 fully saturated rings. The number of nitrogens with zero attached hydrogens (tertiary/aromatic N) is 3. The highest BCUT2D eigenvalue weighted by Gasteiger charge is 2.23. The zero-order valence-corrected chi connectivity index (χ0v) is 33.3. The van der Waals surface area contributed by atoms with Crippen molar-refractivity contribution in [1.82, 2.24) is 9.13 Å². The molecule has 59 heavy (non-hydrogen) atoms. The first-order valence-corrected chi connectivity index (χ1v) is 21.1. The van der Waals surface area contributed by atoms with E-state index in [-0.39, 0.29) is 0 Å². The topological polar surface area (TPSA) is 13.1 Å². The molecule has 0 N–H and O–H groups in total. The molecule has 0 radical (unpaired) electrons. The van der Waals surface area contributed by atoms with Crippen molar-refractivity contribution in [2.75, 3.05) is 4.90 Å². The van der Waals surface area contributed by atoms with Gasteiger partial charge in [0.05, 0.1) is 26.8 Å². The molecule has 9 aromatic carbocycles. The van der Waals surface area contributed by atoms with Gasteiger partial charge in [-0.1, -0.05) is 127 Å². The Morgan fingerprint density at radius 3 is 1.71 bits per heavy atom. The lowest BCUT2D eigenvalue weighted by Crippen LogP contribution is -2.10. The van der Waals surface area contributed by atoms with Gasteiger partial charge in [-0.2, -0.15) is 0 Å². The third kappa shape index (κ3) is 5.34. The molecular weight excluding hydrogens is 758 g/mol. The number of hydrogen-bond acceptors (Lipinski definition) is 2. The zero-order chi connectivity index (χ0) is 39.0. The van der Waals surface area contributed by atoms with Crippen LogP contribution in [0.25, 0.3) is 86.3 Å². The molecule has 12 rings (SSSR count). The maximum Gasteiger partial charge on any atom is 0.0720 e. The average molecular weight is 792 g/mol. The molecule has 0 aliphatic heterocycles. The fourth-order valence-electron chi connectivity index (χ4n) is 9.24. The van der Waals surface area contributed by atoms with Crippen LogP contribution in [0.15, 0.2) is 206 Å². The van der Waals surface area contributed by atoms with E-state index >= 15 is 0 Å². The van der Waals surface area contributed by atoms with Gasteiger partial charge in [0.15, 0.2) is 0 Å². The Balaban J connectivity index is 1.13. The Morgan fingerprint density at radius 2 is 0.983 bits per heavy atom. The van der Waals surface area contributed by atoms with Crippen LogP contribution in [0.5, 0.6) is 0 Å². The monoisotopic (exact) mass is 791 g/mol. The summed E-state index contributed by atoms with van der Waals surface area (Å²) in [5.41, 5.74) is 12.3. The predicted octanol–water partition coefficient (Wildman–Crippen LogP) is 16.0. The van der Waals surface area contributed by atoms with E-state index in [1.165, 1.54) is 58.3 Å². The molecule has 3 aromatic heterocycles. The fourth-order valence-corrected chi connectivity index (χ4v) is 10.7. The minimum absolute atomic E-state index is 0.678. The van der Waals surface area contributed by atoms with Gasteiger partial charge in [0.2, 0.25) is 0 Å². The third-order valence-corrected chi connectivity index (χ3v) is 13.1. The first kappa shape index (κ1) is 34.0. The number of para-hydroxylation sites is 5. The van der Waals surface area contributed by atoms with Gasteiger partial charge in [0, 0.05) is 70.5 Å². The van der Waals surface area contributed by atoms with Gasteiger partial charge in [-0.3, -0.25) is 0 Å². The lowest BCUT2D eigenvalue weighted by atomic mass is 9.96. The van der Waals surface area contributed by atoms with Crippen molar-refractivity contribution < 1.29 is 0 Å². The summed E-state index contributed by atoms with van der Waals surface area (Å²) in [5.74, 6) is 0. The van der Waals surface area contributed by atoms with Crippen LogP contribution in [0.1, 0.15) is 0 Å². The van der Waals surface area contributed by atoms with Crippen LogP contribution in [0.4, 0.5) is 17.1 Å². The molecule has 3 heterocycles. The van der Waals surface area contributed by atoms with E-state index in [0.717, 1.165) is 45.1 Å². The lowest BCUT2D eigenvalue weighted by molar-refractivity contribution is 1.18. The molecular formula is C54H34ClN3S. The number of halogens is 1. The Labute approximate surface area is 349 Å². The first-order chi connectivity index (χ1) is 29.2. The van der Waals surface area contributed by atoms with Crippen molar-refractivity contribution >= 4 is 104 Å². The number of hydrogen-bond donors (Lipinski definition) is 0. The normalized spacial score (nSPS) is 11.8. The minimum Gasteiger partial charge on any atom is -0.310 e. The number of thiophene rings is 1. The zero-order valence-electron chi connectivity index (χ0n) is 31.8. The predicted molar refractivity (Wildman–Crippen MR) is 253 cm³/mol. The molecule has 3 nitrogen and oxygen atoms in total. The molecule has 0 atom stereocenters. The van der Waals surface area contributed by atoms with E-state index in [2.05, 4.69) is 220 Å². The quantitative estimate of drug-likeness (QED) is 0.163. The highest BCUT2D eigenvalue weighted by Crippen LogP contribution is 2.49. The summed E-state index contributed by atoms with van der Waals surface area (Å²) in [6.07, 6.45) is 0. The standard InChI is InChI=1S/C54H34ClN3S/c55-36-30-35(46-34-47-43-23-11-14-26-49(43)58(39-20-8-3-9-21-39)53(47)54-52(46)45-24-12-15-27-51(45)59-54)31-41(32-36)56(37-16-4-1-5-17-37)40-28-29-44-42-22-10-13-25-48(42)57(50(44)33-40)38-18-6-2-7-19-38/h1-34H. The highest BCUT2D eigenvalue weighted by molar-refractivity contribution is 7.26. The van der Waals surface area contributed by atoms with Gasteiger partial charge in [-0.15, -0.1) is 11.3 Å². The Bertz CT molecular complexity index is 3570. The van der Waals surface area contributed by atoms with Crippen molar-refractivity contribution in [2.24, 2.45) is 0 Å². The number of benzene rings is 9. The number of anilines is 3. The number of aromatic nitrogens is 2. The van der Waals surface area contributed by atoms with Gasteiger partial charge in [-0.25, -0.2) is 0 Å². The maximum absolute atomic E-state index is 7.28. The van der Waals surface area contributed by atoms with Gasteiger partial charge < -0.3 is 14.0 Å². The smallest absolute Gasteiger partial charge is 0.0720 e. The molecule has 278 valence electrons. The fraction of sp³-hybridized carbons (Fsp3) is 0. The second-order valence-electron chi connectivity index (χ2n) is 15.1. The van der Waals surface area contributed by atoms with Crippen LogP contribution in [-0.2, 0) is 0 Å². The summed E-state index contributed by atoms with van der Waals surface area (Å²) in [6, 6.07) is 74.1. The maximum atomic E-state index is 7.28. The van der Waals surface area contributed by atoms with Gasteiger partial charge in [0.1, 0.15) is 0 Å². The van der Waals surface area contributed by atoms with Gasteiger partial charge in [0.25, 0.3) is 0 Å². The van der Waals surface area contributed by atoms with Crippen molar-refractivity contribution in [3.05, 3.63) is 211 Å². The van der Waals surface area contributed by atoms with E-state index in [1.54, 1.807) is 0 Å². The van der Waals surface area contributed by atoms with Crippen LogP contribution in [-0.4, -0.2) is 9.13 Å². The molecule has 0 aliphatic carbocycles. The van der Waals surface area contributed by atoms with E-state index in [4.69, 9.17) is 11.6 Å². The summed E-state index contributed by atoms with van der Waals surface area (Å²) in [5, 5.41) is 8.05. The van der Waals surface area contributed by atoms with Gasteiger partial charge >= 0.3 is 0 Å². The van der Waals surface area contributed by atoms with Crippen LogP contribution in [0, 0.1) is 0 Å². The number of rotatable bonds is 6. The van der Waals surface area contributed by atoms with Crippen molar-refractivity contribution in [1.29, 1.82) is 0 Å². The minimum atomic E-state index is 0.678. The van der Waals surface area contributed by atoms with E-state index in [1.807, 2.05) is 11.3 Å². The van der Waals surface area contributed by atoms with E-state index in [9.17, 15) is 0 Å². The molecule has 0 aliphatic rings. The molecule has 0 bridgehead atoms. The largest absolute Gasteiger partial charge is 0.310 e. The molecule has 0 unspecified atom stereocenters. The molecule has 0 saturated carbocycles. The summed E-state index contributed by atoms with van der Waals surface area (Å²) >= 11 is 9.15. The summed E-state index contributed by atoms with van der Waals surface area (Å²) in [7, 11) is 0. The molecule has 0 amide bonds. The van der Waals surface area contributed by atoms with Crippen LogP contribution in [0.3, 0.4) is 0 Å². The summed E-state index contributed by atoms with van der Waals surface area (Å²) < 4.78 is 7.34. The SMILES string of the molecule is Clc1cc(-c2cc3c4ccccc4n(-c4ccccc4)c3c3sc4ccccc4c23)cc(N(c2ccccc2)c2ccc3c4ccccc4n(-c4ccccc4)c3c2)c1. The average Bonchev–Trinajstić information content (AvgIpc) is 3.95. The van der Waals surface area contributed by atoms with Crippen molar-refractivity contribution in [2.45, 2.75) is 0 Å². The second kappa shape index (κ2) is 13.5. The van der Waals surface area contributed by atoms with Crippen molar-refractivity contribution in [3.63, 3.8) is 0 Å². The number of fused-ring (bicyclic) bond motifs is 10.